The molecule has 3 N–H and O–H groups in total. The smallest absolute Gasteiger partial charge is 0.210 e. The summed E-state index contributed by atoms with van der Waals surface area (Å²) in [6, 6.07) is 19.4. The van der Waals surface area contributed by atoms with E-state index in [2.05, 4.69) is 0 Å². The Hall–Kier alpha value is -3.35. The minimum Gasteiger partial charge on any atom is -0.508 e. The number of fused-ring (bicyclic) bond motifs is 3. The molecule has 1 aliphatic rings. The quantitative estimate of drug-likeness (QED) is 0.311. The Morgan fingerprint density at radius 3 is 2.33 bits per heavy atom. The standard InChI is InChI=1S/C18H16ClN3O2.C7H7ClO/c19-12-3-6-16-15(9-12)14-7-8-21(10-23)17(18(14)22(16)20)11-1-4-13(24)5-2-11;1-9-7-4-2-6(8)3-5-7/h1-6,9-10,17,24H,7-8,20H2;2-5H,1H3. The fourth-order valence-electron chi connectivity index (χ4n) is 4.15. The summed E-state index contributed by atoms with van der Waals surface area (Å²) >= 11 is 11.8. The summed E-state index contributed by atoms with van der Waals surface area (Å²) in [6.07, 6.45) is 1.58. The molecule has 8 heteroatoms. The number of halogens is 2. The van der Waals surface area contributed by atoms with E-state index < -0.39 is 0 Å². The fourth-order valence-corrected chi connectivity index (χ4v) is 4.45. The minimum atomic E-state index is -0.289. The number of nitrogens with zero attached hydrogens (tertiary/aromatic N) is 2. The Kier molecular flexibility index (Phi) is 6.67. The van der Waals surface area contributed by atoms with Crippen LogP contribution < -0.4 is 10.6 Å². The van der Waals surface area contributed by atoms with Crippen LogP contribution in [0.25, 0.3) is 10.9 Å². The van der Waals surface area contributed by atoms with Gasteiger partial charge in [0.05, 0.1) is 24.4 Å². The SMILES string of the molecule is COc1ccc(Cl)cc1.Nn1c2c(c3cc(Cl)ccc31)CCN(C=O)C2c1ccc(O)cc1. The summed E-state index contributed by atoms with van der Waals surface area (Å²) in [6.45, 7) is 0.605. The predicted octanol–water partition coefficient (Wildman–Crippen LogP) is 5.17. The van der Waals surface area contributed by atoms with Gasteiger partial charge in [-0.3, -0.25) is 9.47 Å². The van der Waals surface area contributed by atoms with Crippen LogP contribution in [0.2, 0.25) is 10.0 Å². The zero-order chi connectivity index (χ0) is 23.5. The molecule has 0 spiro atoms. The van der Waals surface area contributed by atoms with Crippen molar-refractivity contribution in [2.45, 2.75) is 12.5 Å². The van der Waals surface area contributed by atoms with Crippen LogP contribution in [0, 0.1) is 0 Å². The van der Waals surface area contributed by atoms with Crippen molar-refractivity contribution in [1.82, 2.24) is 9.58 Å². The van der Waals surface area contributed by atoms with Crippen LogP contribution in [0.15, 0.2) is 66.7 Å². The molecule has 2 heterocycles. The average molecular weight is 484 g/mol. The molecule has 6 nitrogen and oxygen atoms in total. The van der Waals surface area contributed by atoms with Crippen molar-refractivity contribution in [3.8, 4) is 11.5 Å². The average Bonchev–Trinajstić information content (AvgIpc) is 3.11. The Balaban J connectivity index is 0.000000243. The maximum Gasteiger partial charge on any atom is 0.210 e. The molecule has 4 aromatic rings. The molecule has 0 radical (unpaired) electrons. The van der Waals surface area contributed by atoms with Crippen molar-refractivity contribution >= 4 is 40.5 Å². The number of nitrogens with two attached hydrogens (primary N) is 1. The number of amides is 1. The van der Waals surface area contributed by atoms with E-state index in [0.717, 1.165) is 51.3 Å². The summed E-state index contributed by atoms with van der Waals surface area (Å²) in [5.41, 5.74) is 3.80. The lowest BCUT2D eigenvalue weighted by Gasteiger charge is -2.34. The second-order valence-electron chi connectivity index (χ2n) is 7.64. The van der Waals surface area contributed by atoms with Gasteiger partial charge in [0, 0.05) is 22.0 Å². The van der Waals surface area contributed by atoms with Gasteiger partial charge in [0.2, 0.25) is 6.41 Å². The van der Waals surface area contributed by atoms with E-state index in [1.54, 1.807) is 41.0 Å². The highest BCUT2D eigenvalue weighted by Crippen LogP contribution is 2.39. The van der Waals surface area contributed by atoms with Crippen molar-refractivity contribution in [3.63, 3.8) is 0 Å². The normalized spacial score (nSPS) is 14.9. The van der Waals surface area contributed by atoms with Crippen molar-refractivity contribution < 1.29 is 14.6 Å². The lowest BCUT2D eigenvalue weighted by atomic mass is 9.93. The van der Waals surface area contributed by atoms with Crippen LogP contribution in [0.1, 0.15) is 22.9 Å². The number of aromatic nitrogens is 1. The van der Waals surface area contributed by atoms with Gasteiger partial charge in [-0.15, -0.1) is 0 Å². The number of carbonyl (C=O) groups is 1. The van der Waals surface area contributed by atoms with Gasteiger partial charge in [-0.25, -0.2) is 0 Å². The summed E-state index contributed by atoms with van der Waals surface area (Å²) in [4.78, 5) is 13.3. The highest BCUT2D eigenvalue weighted by Gasteiger charge is 2.33. The van der Waals surface area contributed by atoms with E-state index >= 15 is 0 Å². The number of methoxy groups -OCH3 is 1. The molecule has 0 fully saturated rings. The fraction of sp³-hybridized carbons (Fsp3) is 0.160. The molecule has 0 saturated carbocycles. The Labute approximate surface area is 201 Å². The number of aromatic hydroxyl groups is 1. The van der Waals surface area contributed by atoms with Crippen LogP contribution >= 0.6 is 23.2 Å². The number of phenols is 1. The van der Waals surface area contributed by atoms with Crippen molar-refractivity contribution in [3.05, 3.63) is 93.6 Å². The number of hydrogen-bond donors (Lipinski definition) is 2. The molecule has 5 rings (SSSR count). The van der Waals surface area contributed by atoms with E-state index in [1.165, 1.54) is 0 Å². The van der Waals surface area contributed by atoms with E-state index in [0.29, 0.717) is 11.6 Å². The Morgan fingerprint density at radius 1 is 1.03 bits per heavy atom. The number of phenolic OH excluding ortho intramolecular Hbond substituents is 1. The highest BCUT2D eigenvalue weighted by molar-refractivity contribution is 6.31. The monoisotopic (exact) mass is 483 g/mol. The third-order valence-electron chi connectivity index (χ3n) is 5.72. The molecule has 1 amide bonds. The summed E-state index contributed by atoms with van der Waals surface area (Å²) in [5, 5.41) is 12.0. The molecular formula is C25H23Cl2N3O3. The van der Waals surface area contributed by atoms with Gasteiger partial charge in [0.1, 0.15) is 11.5 Å². The van der Waals surface area contributed by atoms with Gasteiger partial charge in [-0.1, -0.05) is 35.3 Å². The summed E-state index contributed by atoms with van der Waals surface area (Å²) in [5.74, 6) is 7.39. The second kappa shape index (κ2) is 9.65. The number of ether oxygens (including phenoxy) is 1. The van der Waals surface area contributed by atoms with Gasteiger partial charge in [-0.05, 0) is 72.1 Å². The van der Waals surface area contributed by atoms with Crippen molar-refractivity contribution in [2.75, 3.05) is 19.5 Å². The summed E-state index contributed by atoms with van der Waals surface area (Å²) < 4.78 is 6.56. The lowest BCUT2D eigenvalue weighted by molar-refractivity contribution is -0.120. The van der Waals surface area contributed by atoms with Gasteiger partial charge in [-0.2, -0.15) is 0 Å². The number of rotatable bonds is 3. The Bertz CT molecular complexity index is 1270. The first-order valence-corrected chi connectivity index (χ1v) is 11.1. The first-order chi connectivity index (χ1) is 15.9. The largest absolute Gasteiger partial charge is 0.508 e. The molecular weight excluding hydrogens is 461 g/mol. The number of carbonyl (C=O) groups excluding carboxylic acids is 1. The lowest BCUT2D eigenvalue weighted by Crippen LogP contribution is -2.37. The molecule has 0 aliphatic carbocycles. The van der Waals surface area contributed by atoms with Crippen LogP contribution in [0.3, 0.4) is 0 Å². The molecule has 0 saturated heterocycles. The van der Waals surface area contributed by atoms with Crippen LogP contribution in [0.4, 0.5) is 0 Å². The summed E-state index contributed by atoms with van der Waals surface area (Å²) in [7, 11) is 1.63. The third-order valence-corrected chi connectivity index (χ3v) is 6.20. The van der Waals surface area contributed by atoms with Gasteiger partial charge in [0.15, 0.2) is 0 Å². The molecule has 0 bridgehead atoms. The first kappa shape index (κ1) is 22.8. The Morgan fingerprint density at radius 2 is 1.70 bits per heavy atom. The minimum absolute atomic E-state index is 0.188. The highest BCUT2D eigenvalue weighted by atomic mass is 35.5. The van der Waals surface area contributed by atoms with Crippen molar-refractivity contribution in [2.24, 2.45) is 0 Å². The molecule has 1 aliphatic heterocycles. The van der Waals surface area contributed by atoms with Crippen LogP contribution in [-0.2, 0) is 11.2 Å². The van der Waals surface area contributed by atoms with Gasteiger partial charge >= 0.3 is 0 Å². The second-order valence-corrected chi connectivity index (χ2v) is 8.51. The molecule has 3 aromatic carbocycles. The molecule has 170 valence electrons. The van der Waals surface area contributed by atoms with Gasteiger partial charge in [0.25, 0.3) is 0 Å². The maximum atomic E-state index is 11.6. The zero-order valence-electron chi connectivity index (χ0n) is 17.9. The topological polar surface area (TPSA) is 80.7 Å². The first-order valence-electron chi connectivity index (χ1n) is 10.3. The molecule has 1 aromatic heterocycles. The molecule has 1 atom stereocenters. The molecule has 1 unspecified atom stereocenters. The van der Waals surface area contributed by atoms with Gasteiger partial charge < -0.3 is 20.6 Å². The third kappa shape index (κ3) is 4.58. The zero-order valence-corrected chi connectivity index (χ0v) is 19.4. The number of nitrogen functional groups attached to an aromatic ring is 1. The van der Waals surface area contributed by atoms with E-state index in [1.807, 2.05) is 42.5 Å². The van der Waals surface area contributed by atoms with E-state index in [9.17, 15) is 9.90 Å². The maximum absolute atomic E-state index is 11.6. The van der Waals surface area contributed by atoms with Crippen molar-refractivity contribution in [1.29, 1.82) is 0 Å². The number of benzene rings is 3. The van der Waals surface area contributed by atoms with Crippen LogP contribution in [0.5, 0.6) is 11.5 Å². The number of hydrogen-bond acceptors (Lipinski definition) is 4. The predicted molar refractivity (Wildman–Crippen MR) is 132 cm³/mol. The van der Waals surface area contributed by atoms with E-state index in [4.69, 9.17) is 33.8 Å². The molecule has 33 heavy (non-hydrogen) atoms. The van der Waals surface area contributed by atoms with Crippen LogP contribution in [-0.4, -0.2) is 34.7 Å². The van der Waals surface area contributed by atoms with E-state index in [-0.39, 0.29) is 11.8 Å².